The molecule has 2 aliphatic heterocycles. The molecule has 3 fully saturated rings. The predicted molar refractivity (Wildman–Crippen MR) is 215 cm³/mol. The lowest BCUT2D eigenvalue weighted by molar-refractivity contribution is -0.127. The molecule has 5 aromatic rings. The molecule has 0 spiro atoms. The summed E-state index contributed by atoms with van der Waals surface area (Å²) in [5.74, 6) is -4.61. The maximum atomic E-state index is 15.3. The fraction of sp³-hybridized carbons (Fsp3) is 0.244. The maximum Gasteiger partial charge on any atom is 0.246 e. The Morgan fingerprint density at radius 3 is 2.12 bits per heavy atom. The summed E-state index contributed by atoms with van der Waals surface area (Å²) in [6.45, 7) is -0.366. The number of aliphatic hydroxyl groups excluding tert-OH is 1. The smallest absolute Gasteiger partial charge is 0.246 e. The Kier molecular flexibility index (Phi) is 9.01. The summed E-state index contributed by atoms with van der Waals surface area (Å²) in [5.41, 5.74) is 2.96. The average Bonchev–Trinajstić information content (AvgIpc) is 3.87. The van der Waals surface area contributed by atoms with Crippen molar-refractivity contribution < 1.29 is 28.7 Å². The van der Waals surface area contributed by atoms with Gasteiger partial charge in [0, 0.05) is 24.8 Å². The Labute approximate surface area is 333 Å². The van der Waals surface area contributed by atoms with Crippen molar-refractivity contribution >= 4 is 63.7 Å². The number of hydrogen-bond acceptors (Lipinski definition) is 9. The number of nitrogens with zero attached hydrogens (tertiary/aromatic N) is 5. The zero-order valence-electron chi connectivity index (χ0n) is 31.2. The van der Waals surface area contributed by atoms with Crippen molar-refractivity contribution in [2.24, 2.45) is 33.9 Å². The highest BCUT2D eigenvalue weighted by Crippen LogP contribution is 2.64. The Morgan fingerprint density at radius 2 is 1.47 bits per heavy atom. The summed E-state index contributed by atoms with van der Waals surface area (Å²) >= 11 is 6.40. The molecule has 6 atom stereocenters. The van der Waals surface area contributed by atoms with Crippen molar-refractivity contribution in [1.29, 1.82) is 0 Å². The van der Waals surface area contributed by atoms with Gasteiger partial charge in [-0.2, -0.15) is 10.2 Å². The first-order valence-electron chi connectivity index (χ1n) is 18.9. The lowest BCUT2D eigenvalue weighted by Crippen LogP contribution is -2.53. The van der Waals surface area contributed by atoms with Crippen LogP contribution in [-0.4, -0.2) is 42.8 Å². The molecule has 4 amide bonds. The van der Waals surface area contributed by atoms with E-state index in [0.717, 1.165) is 11.3 Å². The van der Waals surface area contributed by atoms with Gasteiger partial charge in [-0.15, -0.1) is 0 Å². The first-order chi connectivity index (χ1) is 27.6. The van der Waals surface area contributed by atoms with Crippen LogP contribution in [0.1, 0.15) is 35.8 Å². The molecule has 1 aromatic heterocycles. The number of carbonyl (C=O) groups excluding carboxylic acids is 4. The second kappa shape index (κ2) is 14.1. The fourth-order valence-corrected chi connectivity index (χ4v) is 9.73. The van der Waals surface area contributed by atoms with Crippen LogP contribution < -0.4 is 14.7 Å². The van der Waals surface area contributed by atoms with E-state index >= 15 is 4.79 Å². The monoisotopic (exact) mass is 779 g/mol. The minimum Gasteiger partial charge on any atom is -0.463 e. The molecule has 3 heterocycles. The van der Waals surface area contributed by atoms with Crippen molar-refractivity contribution in [1.82, 2.24) is 0 Å². The first-order valence-corrected chi connectivity index (χ1v) is 19.3. The van der Waals surface area contributed by atoms with E-state index in [-0.39, 0.29) is 31.3 Å². The van der Waals surface area contributed by atoms with Crippen LogP contribution in [0.25, 0.3) is 0 Å². The van der Waals surface area contributed by atoms with Crippen molar-refractivity contribution in [2.75, 3.05) is 28.8 Å². The lowest BCUT2D eigenvalue weighted by atomic mass is 9.50. The highest BCUT2D eigenvalue weighted by molar-refractivity contribution is 6.32. The standard InChI is InChI=1S/C45H38ClN5O6/c1-49(2)30-15-11-28(12-16-30)47-48-29-13-17-31(18-14-29)50-41(53)35-21-20-34-36(39(35)43(50)55)24-37-42(54)51(32-10-6-9-27(46)23-32)44(56)45(37,26-7-4-3-5-8-26)40(34)38-22-19-33(25-52)57-38/h3-20,22-23,35-37,39-40,52H,21,24-25H2,1-2H3. The molecule has 2 saturated heterocycles. The molecule has 6 unspecified atom stereocenters. The number of benzene rings is 4. The number of halogens is 1. The molecular weight excluding hydrogens is 742 g/mol. The molecule has 4 aromatic carbocycles. The quantitative estimate of drug-likeness (QED) is 0.0952. The van der Waals surface area contributed by atoms with Crippen molar-refractivity contribution in [3.05, 3.63) is 149 Å². The molecule has 11 nitrogen and oxygen atoms in total. The largest absolute Gasteiger partial charge is 0.463 e. The zero-order valence-corrected chi connectivity index (χ0v) is 31.9. The minimum absolute atomic E-state index is 0.148. The Morgan fingerprint density at radius 1 is 0.772 bits per heavy atom. The number of rotatable bonds is 8. The van der Waals surface area contributed by atoms with Gasteiger partial charge in [-0.25, -0.2) is 4.90 Å². The van der Waals surface area contributed by atoms with E-state index in [9.17, 15) is 19.5 Å². The summed E-state index contributed by atoms with van der Waals surface area (Å²) in [6.07, 6.45) is 2.38. The van der Waals surface area contributed by atoms with Gasteiger partial charge in [0.1, 0.15) is 23.5 Å². The molecule has 2 aliphatic carbocycles. The molecular formula is C45H38ClN5O6. The van der Waals surface area contributed by atoms with Gasteiger partial charge < -0.3 is 14.4 Å². The summed E-state index contributed by atoms with van der Waals surface area (Å²) in [6, 6.07) is 33.7. The van der Waals surface area contributed by atoms with Crippen molar-refractivity contribution in [3.8, 4) is 0 Å². The summed E-state index contributed by atoms with van der Waals surface area (Å²) in [7, 11) is 3.93. The van der Waals surface area contributed by atoms with Gasteiger partial charge >= 0.3 is 0 Å². The lowest BCUT2D eigenvalue weighted by Gasteiger charge is -2.49. The molecule has 1 N–H and O–H groups in total. The third-order valence-electron chi connectivity index (χ3n) is 12.0. The summed E-state index contributed by atoms with van der Waals surface area (Å²) in [4.78, 5) is 63.5. The molecule has 0 radical (unpaired) electrons. The average molecular weight is 780 g/mol. The van der Waals surface area contributed by atoms with Crippen LogP contribution >= 0.6 is 11.6 Å². The van der Waals surface area contributed by atoms with Crippen LogP contribution in [0.5, 0.6) is 0 Å². The summed E-state index contributed by atoms with van der Waals surface area (Å²) < 4.78 is 6.27. The molecule has 4 aliphatic rings. The molecule has 0 bridgehead atoms. The number of fused-ring (bicyclic) bond motifs is 4. The molecule has 12 heteroatoms. The first kappa shape index (κ1) is 36.5. The second-order valence-electron chi connectivity index (χ2n) is 15.2. The van der Waals surface area contributed by atoms with Crippen LogP contribution in [0.15, 0.2) is 142 Å². The number of aliphatic hydroxyl groups is 1. The van der Waals surface area contributed by atoms with Gasteiger partial charge in [0.2, 0.25) is 23.6 Å². The highest BCUT2D eigenvalue weighted by Gasteiger charge is 2.71. The molecule has 57 heavy (non-hydrogen) atoms. The minimum atomic E-state index is -1.47. The van der Waals surface area contributed by atoms with Crippen molar-refractivity contribution in [2.45, 2.75) is 30.8 Å². The Bertz CT molecular complexity index is 2480. The van der Waals surface area contributed by atoms with Crippen LogP contribution in [0.4, 0.5) is 28.4 Å². The van der Waals surface area contributed by atoms with Crippen LogP contribution in [0, 0.1) is 23.7 Å². The van der Waals surface area contributed by atoms with Gasteiger partial charge in [0.15, 0.2) is 0 Å². The maximum absolute atomic E-state index is 15.3. The van der Waals surface area contributed by atoms with Crippen molar-refractivity contribution in [3.63, 3.8) is 0 Å². The van der Waals surface area contributed by atoms with E-state index in [1.165, 1.54) is 9.80 Å². The van der Waals surface area contributed by atoms with Crippen LogP contribution in [0.3, 0.4) is 0 Å². The number of carbonyl (C=O) groups is 4. The van der Waals surface area contributed by atoms with E-state index in [0.29, 0.717) is 44.9 Å². The van der Waals surface area contributed by atoms with Gasteiger partial charge in [-0.05, 0) is 103 Å². The normalized spacial score (nSPS) is 25.5. The van der Waals surface area contributed by atoms with Gasteiger partial charge in [0.25, 0.3) is 0 Å². The zero-order chi connectivity index (χ0) is 39.6. The predicted octanol–water partition coefficient (Wildman–Crippen LogP) is 8.27. The van der Waals surface area contributed by atoms with Gasteiger partial charge in [-0.3, -0.25) is 24.1 Å². The SMILES string of the molecule is CN(C)c1ccc(N=Nc2ccc(N3C(=O)C4CC=C5C(CC6C(=O)N(c7cccc(Cl)c7)C(=O)C6(c6ccccc6)C5c5ccc(CO)o5)C4C3=O)cc2)cc1. The van der Waals surface area contributed by atoms with E-state index in [4.69, 9.17) is 16.0 Å². The van der Waals surface area contributed by atoms with Gasteiger partial charge in [0.05, 0.1) is 46.4 Å². The topological polar surface area (TPSA) is 136 Å². The number of azo groups is 1. The molecule has 9 rings (SSSR count). The molecule has 286 valence electrons. The number of allylic oxidation sites excluding steroid dienone is 2. The number of furan rings is 1. The molecule has 1 saturated carbocycles. The Balaban J connectivity index is 1.10. The number of hydrogen-bond donors (Lipinski definition) is 1. The fourth-order valence-electron chi connectivity index (χ4n) is 9.54. The van der Waals surface area contributed by atoms with Crippen LogP contribution in [-0.2, 0) is 31.2 Å². The van der Waals surface area contributed by atoms with E-state index in [1.807, 2.05) is 79.7 Å². The summed E-state index contributed by atoms with van der Waals surface area (Å²) in [5, 5.41) is 19.1. The number of amides is 4. The Hall–Kier alpha value is -6.17. The van der Waals surface area contributed by atoms with Crippen LogP contribution in [0.2, 0.25) is 5.02 Å². The second-order valence-corrected chi connectivity index (χ2v) is 15.6. The number of anilines is 3. The van der Waals surface area contributed by atoms with E-state index in [2.05, 4.69) is 10.2 Å². The van der Waals surface area contributed by atoms with E-state index < -0.39 is 46.8 Å². The van der Waals surface area contributed by atoms with Gasteiger partial charge in [-0.1, -0.05) is 59.6 Å². The third kappa shape index (κ3) is 5.75. The highest BCUT2D eigenvalue weighted by atomic mass is 35.5. The third-order valence-corrected chi connectivity index (χ3v) is 12.3. The van der Waals surface area contributed by atoms with E-state index in [1.54, 1.807) is 60.7 Å². The number of imide groups is 2.